The van der Waals surface area contributed by atoms with E-state index in [9.17, 15) is 0 Å². The molecular weight excluding hydrogens is 198 g/mol. The monoisotopic (exact) mass is 222 g/mol. The summed E-state index contributed by atoms with van der Waals surface area (Å²) in [6.45, 7) is 8.30. The molecule has 0 spiro atoms. The molecule has 90 valence electrons. The number of hydrogen-bond donors (Lipinski definition) is 0. The fourth-order valence-corrected chi connectivity index (χ4v) is 3.10. The van der Waals surface area contributed by atoms with Gasteiger partial charge in [0.2, 0.25) is 0 Å². The highest BCUT2D eigenvalue weighted by atomic mass is 15.3. The van der Waals surface area contributed by atoms with Gasteiger partial charge < -0.3 is 0 Å². The lowest BCUT2D eigenvalue weighted by Crippen LogP contribution is -2.55. The maximum atomic E-state index is 3.95. The summed E-state index contributed by atoms with van der Waals surface area (Å²) in [5.74, 6) is 0. The number of likely N-dealkylation sites (tertiary alicyclic amines) is 1. The molecule has 0 aromatic carbocycles. The van der Waals surface area contributed by atoms with Crippen molar-refractivity contribution >= 4 is 0 Å². The first kappa shape index (κ1) is 11.9. The van der Waals surface area contributed by atoms with Crippen LogP contribution in [0.4, 0.5) is 0 Å². The average molecular weight is 222 g/mol. The standard InChI is InChI=1S/C13H24N3/c1-11(2)15-9-12-5-6-13(10-15)16(12)8-4-7-14-3/h11-13H,4-6,8-10H2,1-3H3/q+1. The Morgan fingerprint density at radius 1 is 1.25 bits per heavy atom. The van der Waals surface area contributed by atoms with Gasteiger partial charge in [0.05, 0.1) is 6.42 Å². The van der Waals surface area contributed by atoms with Crippen LogP contribution in [-0.2, 0) is 0 Å². The number of rotatable bonds is 3. The fourth-order valence-electron chi connectivity index (χ4n) is 3.10. The van der Waals surface area contributed by atoms with E-state index < -0.39 is 0 Å². The van der Waals surface area contributed by atoms with E-state index in [2.05, 4.69) is 34.6 Å². The first-order valence-electron chi connectivity index (χ1n) is 6.54. The van der Waals surface area contributed by atoms with Crippen molar-refractivity contribution in [3.8, 4) is 6.07 Å². The van der Waals surface area contributed by atoms with Crippen molar-refractivity contribution in [3.63, 3.8) is 0 Å². The molecule has 0 saturated carbocycles. The van der Waals surface area contributed by atoms with Crippen LogP contribution >= 0.6 is 0 Å². The lowest BCUT2D eigenvalue weighted by Gasteiger charge is -2.42. The molecule has 0 N–H and O–H groups in total. The summed E-state index contributed by atoms with van der Waals surface area (Å²) in [7, 11) is 1.81. The molecule has 0 aromatic heterocycles. The van der Waals surface area contributed by atoms with Crippen LogP contribution in [0.1, 0.15) is 33.1 Å². The summed E-state index contributed by atoms with van der Waals surface area (Å²) >= 11 is 0. The molecule has 2 rings (SSSR count). The number of nitrogens with zero attached hydrogens (tertiary/aromatic N) is 3. The minimum atomic E-state index is 0.703. The first-order valence-corrected chi connectivity index (χ1v) is 6.54. The second kappa shape index (κ2) is 5.16. The smallest absolute Gasteiger partial charge is 0.273 e. The lowest BCUT2D eigenvalue weighted by molar-refractivity contribution is 0.0511. The SMILES string of the molecule is C[N+]#CCCN1C2CCC1CN(C(C)C)C2. The summed E-state index contributed by atoms with van der Waals surface area (Å²) in [6.07, 6.45) is 3.76. The van der Waals surface area contributed by atoms with Crippen LogP contribution < -0.4 is 0 Å². The van der Waals surface area contributed by atoms with Crippen molar-refractivity contribution in [1.29, 1.82) is 0 Å². The summed E-state index contributed by atoms with van der Waals surface area (Å²) in [6, 6.07) is 5.35. The van der Waals surface area contributed by atoms with E-state index in [1.807, 2.05) is 7.05 Å². The molecule has 0 aromatic rings. The maximum absolute atomic E-state index is 3.95. The molecule has 3 nitrogen and oxygen atoms in total. The molecule has 2 fully saturated rings. The van der Waals surface area contributed by atoms with E-state index in [-0.39, 0.29) is 0 Å². The molecule has 0 aliphatic carbocycles. The van der Waals surface area contributed by atoms with Crippen LogP contribution in [0.2, 0.25) is 0 Å². The van der Waals surface area contributed by atoms with E-state index in [0.29, 0.717) is 6.04 Å². The van der Waals surface area contributed by atoms with Gasteiger partial charge >= 0.3 is 0 Å². The highest BCUT2D eigenvalue weighted by Gasteiger charge is 2.39. The Hall–Kier alpha value is -0.590. The van der Waals surface area contributed by atoms with Crippen LogP contribution in [-0.4, -0.2) is 54.6 Å². The number of fused-ring (bicyclic) bond motifs is 2. The van der Waals surface area contributed by atoms with Gasteiger partial charge in [0, 0.05) is 37.8 Å². The third-order valence-corrected chi connectivity index (χ3v) is 4.03. The molecule has 2 unspecified atom stereocenters. The van der Waals surface area contributed by atoms with Gasteiger partial charge in [-0.15, -0.1) is 0 Å². The van der Waals surface area contributed by atoms with E-state index in [1.165, 1.54) is 25.9 Å². The van der Waals surface area contributed by atoms with Crippen molar-refractivity contribution < 1.29 is 0 Å². The van der Waals surface area contributed by atoms with Gasteiger partial charge in [0.1, 0.15) is 0 Å². The van der Waals surface area contributed by atoms with E-state index in [1.54, 1.807) is 0 Å². The number of piperazine rings is 1. The molecule has 0 amide bonds. The summed E-state index contributed by atoms with van der Waals surface area (Å²) in [4.78, 5) is 9.27. The van der Waals surface area contributed by atoms with Gasteiger partial charge in [-0.2, -0.15) is 0 Å². The Balaban J connectivity index is 1.91. The van der Waals surface area contributed by atoms with Gasteiger partial charge in [0.25, 0.3) is 13.1 Å². The van der Waals surface area contributed by atoms with Crippen LogP contribution in [0.3, 0.4) is 0 Å². The Kier molecular flexibility index (Phi) is 3.83. The molecule has 2 bridgehead atoms. The Bertz CT molecular complexity index is 275. The summed E-state index contributed by atoms with van der Waals surface area (Å²) in [5.41, 5.74) is 0. The zero-order chi connectivity index (χ0) is 11.5. The molecule has 2 saturated heterocycles. The summed E-state index contributed by atoms with van der Waals surface area (Å²) in [5, 5.41) is 0. The number of hydrogen-bond acceptors (Lipinski definition) is 2. The van der Waals surface area contributed by atoms with Crippen molar-refractivity contribution in [2.45, 2.75) is 51.2 Å². The van der Waals surface area contributed by atoms with Gasteiger partial charge in [-0.3, -0.25) is 9.80 Å². The van der Waals surface area contributed by atoms with Crippen molar-refractivity contribution in [2.24, 2.45) is 0 Å². The molecule has 2 aliphatic heterocycles. The lowest BCUT2D eigenvalue weighted by atomic mass is 10.1. The quantitative estimate of drug-likeness (QED) is 0.722. The van der Waals surface area contributed by atoms with Crippen LogP contribution in [0.5, 0.6) is 0 Å². The predicted molar refractivity (Wildman–Crippen MR) is 68.0 cm³/mol. The zero-order valence-corrected chi connectivity index (χ0v) is 10.8. The molecular formula is C13H24N3+. The van der Waals surface area contributed by atoms with Gasteiger partial charge in [-0.05, 0) is 26.7 Å². The minimum absolute atomic E-state index is 0.703. The van der Waals surface area contributed by atoms with Crippen molar-refractivity contribution in [1.82, 2.24) is 9.80 Å². The Labute approximate surface area is 99.2 Å². The predicted octanol–water partition coefficient (Wildman–Crippen LogP) is 1.90. The highest BCUT2D eigenvalue weighted by molar-refractivity contribution is 4.98. The Morgan fingerprint density at radius 3 is 2.38 bits per heavy atom. The molecule has 2 aliphatic rings. The second-order valence-corrected chi connectivity index (χ2v) is 5.30. The van der Waals surface area contributed by atoms with Crippen LogP contribution in [0.15, 0.2) is 0 Å². The third-order valence-electron chi connectivity index (χ3n) is 4.03. The highest BCUT2D eigenvalue weighted by Crippen LogP contribution is 2.30. The van der Waals surface area contributed by atoms with Gasteiger partial charge in [-0.25, -0.2) is 0 Å². The molecule has 3 heteroatoms. The van der Waals surface area contributed by atoms with Crippen LogP contribution in [0, 0.1) is 6.07 Å². The topological polar surface area (TPSA) is 10.8 Å². The van der Waals surface area contributed by atoms with E-state index in [0.717, 1.165) is 25.0 Å². The van der Waals surface area contributed by atoms with E-state index in [4.69, 9.17) is 0 Å². The van der Waals surface area contributed by atoms with E-state index >= 15 is 0 Å². The fraction of sp³-hybridized carbons (Fsp3) is 0.923. The van der Waals surface area contributed by atoms with Gasteiger partial charge in [-0.1, -0.05) is 4.85 Å². The molecule has 2 atom stereocenters. The van der Waals surface area contributed by atoms with Crippen molar-refractivity contribution in [3.05, 3.63) is 4.85 Å². The second-order valence-electron chi connectivity index (χ2n) is 5.30. The van der Waals surface area contributed by atoms with Gasteiger partial charge in [0.15, 0.2) is 0 Å². The molecule has 0 radical (unpaired) electrons. The molecule has 16 heavy (non-hydrogen) atoms. The maximum Gasteiger partial charge on any atom is 0.273 e. The van der Waals surface area contributed by atoms with Crippen molar-refractivity contribution in [2.75, 3.05) is 26.7 Å². The first-order chi connectivity index (χ1) is 7.72. The third kappa shape index (κ3) is 2.39. The largest absolute Gasteiger partial charge is 0.298 e. The van der Waals surface area contributed by atoms with Crippen LogP contribution in [0.25, 0.3) is 4.85 Å². The average Bonchev–Trinajstić information content (AvgIpc) is 2.50. The Morgan fingerprint density at radius 2 is 1.88 bits per heavy atom. The zero-order valence-electron chi connectivity index (χ0n) is 10.8. The molecule has 2 heterocycles. The minimum Gasteiger partial charge on any atom is -0.298 e. The normalized spacial score (nSPS) is 30.5. The summed E-state index contributed by atoms with van der Waals surface area (Å²) < 4.78 is 0.